The summed E-state index contributed by atoms with van der Waals surface area (Å²) in [6.07, 6.45) is -0.540. The number of hydrogen-bond acceptors (Lipinski definition) is 2. The van der Waals surface area contributed by atoms with E-state index in [0.717, 1.165) is 5.56 Å². The van der Waals surface area contributed by atoms with Crippen molar-refractivity contribution in [2.45, 2.75) is 26.0 Å². The molecular weight excluding hydrogens is 252 g/mol. The maximum Gasteiger partial charge on any atom is 0.317 e. The van der Waals surface area contributed by atoms with Crippen LogP contribution >= 0.6 is 11.6 Å². The first-order chi connectivity index (χ1) is 8.40. The monoisotopic (exact) mass is 270 g/mol. The summed E-state index contributed by atoms with van der Waals surface area (Å²) in [4.78, 5) is 13.3. The normalized spacial score (nSPS) is 13.8. The highest BCUT2D eigenvalue weighted by Gasteiger charge is 2.14. The molecule has 0 heterocycles. The number of urea groups is 1. The van der Waals surface area contributed by atoms with Gasteiger partial charge in [-0.15, -0.1) is 0 Å². The average molecular weight is 271 g/mol. The molecule has 4 nitrogen and oxygen atoms in total. The highest BCUT2D eigenvalue weighted by Crippen LogP contribution is 2.17. The maximum atomic E-state index is 11.8. The summed E-state index contributed by atoms with van der Waals surface area (Å²) in [6, 6.07) is 7.02. The number of aliphatic hydroxyl groups excluding tert-OH is 1. The van der Waals surface area contributed by atoms with Crippen LogP contribution in [0, 0.1) is 0 Å². The Morgan fingerprint density at radius 1 is 1.50 bits per heavy atom. The fourth-order valence-corrected chi connectivity index (χ4v) is 1.83. The van der Waals surface area contributed by atoms with Crippen molar-refractivity contribution < 1.29 is 9.90 Å². The summed E-state index contributed by atoms with van der Waals surface area (Å²) in [5.41, 5.74) is 0.946. The van der Waals surface area contributed by atoms with Gasteiger partial charge < -0.3 is 15.3 Å². The predicted molar refractivity (Wildman–Crippen MR) is 72.7 cm³/mol. The van der Waals surface area contributed by atoms with Crippen LogP contribution in [0.25, 0.3) is 0 Å². The van der Waals surface area contributed by atoms with Gasteiger partial charge in [0.25, 0.3) is 0 Å². The van der Waals surface area contributed by atoms with Crippen LogP contribution in [0.5, 0.6) is 0 Å². The topological polar surface area (TPSA) is 52.6 Å². The number of amides is 2. The molecule has 100 valence electrons. The lowest BCUT2D eigenvalue weighted by molar-refractivity contribution is 0.142. The lowest BCUT2D eigenvalue weighted by atomic mass is 10.1. The van der Waals surface area contributed by atoms with E-state index in [1.807, 2.05) is 25.1 Å². The summed E-state index contributed by atoms with van der Waals surface area (Å²) in [5.74, 6) is 0. The van der Waals surface area contributed by atoms with Crippen LogP contribution in [0.4, 0.5) is 4.79 Å². The lowest BCUT2D eigenvalue weighted by Crippen LogP contribution is -2.41. The second-order valence-electron chi connectivity index (χ2n) is 4.46. The van der Waals surface area contributed by atoms with E-state index in [2.05, 4.69) is 5.32 Å². The molecule has 0 saturated carbocycles. The fourth-order valence-electron chi connectivity index (χ4n) is 1.63. The highest BCUT2D eigenvalue weighted by molar-refractivity contribution is 6.30. The minimum absolute atomic E-state index is 0.132. The zero-order valence-electron chi connectivity index (χ0n) is 10.9. The number of carbonyl (C=O) groups excluding carboxylic acids is 1. The number of nitrogens with zero attached hydrogens (tertiary/aromatic N) is 1. The molecule has 0 saturated heterocycles. The largest absolute Gasteiger partial charge is 0.392 e. The van der Waals surface area contributed by atoms with E-state index in [4.69, 9.17) is 11.6 Å². The van der Waals surface area contributed by atoms with Gasteiger partial charge in [-0.05, 0) is 31.5 Å². The molecule has 0 bridgehead atoms. The van der Waals surface area contributed by atoms with Gasteiger partial charge in [0, 0.05) is 18.6 Å². The van der Waals surface area contributed by atoms with Crippen LogP contribution in [0.2, 0.25) is 5.02 Å². The van der Waals surface area contributed by atoms with Crippen LogP contribution < -0.4 is 5.32 Å². The molecule has 0 radical (unpaired) electrons. The molecule has 0 aliphatic rings. The minimum atomic E-state index is -0.540. The summed E-state index contributed by atoms with van der Waals surface area (Å²) in [7, 11) is 1.65. The molecule has 0 aliphatic carbocycles. The van der Waals surface area contributed by atoms with E-state index in [1.54, 1.807) is 20.0 Å². The number of rotatable bonds is 4. The number of hydrogen-bond donors (Lipinski definition) is 2. The van der Waals surface area contributed by atoms with Gasteiger partial charge in [-0.1, -0.05) is 23.7 Å². The molecule has 2 unspecified atom stereocenters. The first-order valence-electron chi connectivity index (χ1n) is 5.85. The molecule has 2 N–H and O–H groups in total. The van der Waals surface area contributed by atoms with Crippen molar-refractivity contribution in [2.75, 3.05) is 13.6 Å². The highest BCUT2D eigenvalue weighted by atomic mass is 35.5. The SMILES string of the molecule is CC(O)CN(C)C(=O)NC(C)c1cccc(Cl)c1. The molecular formula is C13H19ClN2O2. The van der Waals surface area contributed by atoms with Gasteiger partial charge in [-0.2, -0.15) is 0 Å². The van der Waals surface area contributed by atoms with Gasteiger partial charge in [-0.25, -0.2) is 4.79 Å². The third kappa shape index (κ3) is 4.55. The number of benzene rings is 1. The van der Waals surface area contributed by atoms with Crippen LogP contribution in [0.15, 0.2) is 24.3 Å². The van der Waals surface area contributed by atoms with Gasteiger partial charge in [0.2, 0.25) is 0 Å². The van der Waals surface area contributed by atoms with Crippen molar-refractivity contribution in [3.05, 3.63) is 34.9 Å². The Bertz CT molecular complexity index is 410. The Kier molecular flexibility index (Phi) is 5.44. The van der Waals surface area contributed by atoms with E-state index in [1.165, 1.54) is 4.90 Å². The van der Waals surface area contributed by atoms with Gasteiger partial charge in [0.15, 0.2) is 0 Å². The second-order valence-corrected chi connectivity index (χ2v) is 4.89. The van der Waals surface area contributed by atoms with Crippen LogP contribution in [0.1, 0.15) is 25.5 Å². The number of halogens is 1. The third-order valence-corrected chi connectivity index (χ3v) is 2.81. The smallest absolute Gasteiger partial charge is 0.317 e. The third-order valence-electron chi connectivity index (χ3n) is 2.57. The molecule has 0 spiro atoms. The quantitative estimate of drug-likeness (QED) is 0.883. The molecule has 2 amide bonds. The first-order valence-corrected chi connectivity index (χ1v) is 6.23. The van der Waals surface area contributed by atoms with Crippen LogP contribution in [-0.2, 0) is 0 Å². The molecule has 18 heavy (non-hydrogen) atoms. The number of aliphatic hydroxyl groups is 1. The molecule has 1 rings (SSSR count). The van der Waals surface area contributed by atoms with Gasteiger partial charge in [-0.3, -0.25) is 0 Å². The minimum Gasteiger partial charge on any atom is -0.392 e. The Labute approximate surface area is 113 Å². The molecule has 0 fully saturated rings. The van der Waals surface area contributed by atoms with Gasteiger partial charge in [0.1, 0.15) is 0 Å². The van der Waals surface area contributed by atoms with Crippen molar-refractivity contribution in [2.24, 2.45) is 0 Å². The Morgan fingerprint density at radius 2 is 2.17 bits per heavy atom. The molecule has 1 aromatic carbocycles. The summed E-state index contributed by atoms with van der Waals surface area (Å²) >= 11 is 5.90. The van der Waals surface area contributed by atoms with E-state index >= 15 is 0 Å². The van der Waals surface area contributed by atoms with Gasteiger partial charge >= 0.3 is 6.03 Å². The average Bonchev–Trinajstić information content (AvgIpc) is 2.27. The molecule has 2 atom stereocenters. The standard InChI is InChI=1S/C13H19ClN2O2/c1-9(17)8-16(3)13(18)15-10(2)11-5-4-6-12(14)7-11/h4-7,9-10,17H,8H2,1-3H3,(H,15,18). The van der Waals surface area contributed by atoms with E-state index in [0.29, 0.717) is 11.6 Å². The lowest BCUT2D eigenvalue weighted by Gasteiger charge is -2.22. The molecule has 0 aromatic heterocycles. The van der Waals surface area contributed by atoms with Crippen LogP contribution in [-0.4, -0.2) is 35.7 Å². The second kappa shape index (κ2) is 6.61. The first kappa shape index (κ1) is 14.8. The zero-order valence-corrected chi connectivity index (χ0v) is 11.6. The summed E-state index contributed by atoms with van der Waals surface area (Å²) in [6.45, 7) is 3.83. The van der Waals surface area contributed by atoms with E-state index < -0.39 is 6.10 Å². The Morgan fingerprint density at radius 3 is 2.72 bits per heavy atom. The molecule has 1 aromatic rings. The Balaban J connectivity index is 2.59. The van der Waals surface area contributed by atoms with Crippen molar-refractivity contribution in [1.29, 1.82) is 0 Å². The van der Waals surface area contributed by atoms with Crippen molar-refractivity contribution in [1.82, 2.24) is 10.2 Å². The van der Waals surface area contributed by atoms with E-state index in [9.17, 15) is 9.90 Å². The summed E-state index contributed by atoms with van der Waals surface area (Å²) in [5, 5.41) is 12.7. The fraction of sp³-hybridized carbons (Fsp3) is 0.462. The Hall–Kier alpha value is -1.26. The summed E-state index contributed by atoms with van der Waals surface area (Å²) < 4.78 is 0. The number of likely N-dealkylation sites (N-methyl/N-ethyl adjacent to an activating group) is 1. The van der Waals surface area contributed by atoms with Crippen molar-refractivity contribution in [3.63, 3.8) is 0 Å². The molecule has 0 aliphatic heterocycles. The van der Waals surface area contributed by atoms with Crippen molar-refractivity contribution >= 4 is 17.6 Å². The predicted octanol–water partition coefficient (Wildman–Crippen LogP) is 2.42. The van der Waals surface area contributed by atoms with E-state index in [-0.39, 0.29) is 12.1 Å². The maximum absolute atomic E-state index is 11.8. The zero-order chi connectivity index (χ0) is 13.7. The van der Waals surface area contributed by atoms with Gasteiger partial charge in [0.05, 0.1) is 12.1 Å². The number of nitrogens with one attached hydrogen (secondary N) is 1. The van der Waals surface area contributed by atoms with Crippen LogP contribution in [0.3, 0.4) is 0 Å². The molecule has 5 heteroatoms. The van der Waals surface area contributed by atoms with Crippen molar-refractivity contribution in [3.8, 4) is 0 Å². The number of carbonyl (C=O) groups is 1.